The monoisotopic (exact) mass is 494 g/mol. The van der Waals surface area contributed by atoms with Gasteiger partial charge in [-0.2, -0.15) is 8.42 Å². The van der Waals surface area contributed by atoms with Crippen molar-refractivity contribution in [1.29, 1.82) is 0 Å². The quantitative estimate of drug-likeness (QED) is 0.137. The molecule has 34 heavy (non-hydrogen) atoms. The molecule has 0 radical (unpaired) electrons. The summed E-state index contributed by atoms with van der Waals surface area (Å²) in [5, 5.41) is 0. The Bertz CT molecular complexity index is 741. The van der Waals surface area contributed by atoms with Gasteiger partial charge in [0.15, 0.2) is 0 Å². The molecule has 0 bridgehead atoms. The van der Waals surface area contributed by atoms with Gasteiger partial charge < -0.3 is 0 Å². The maximum atomic E-state index is 12.4. The fourth-order valence-corrected chi connectivity index (χ4v) is 6.05. The van der Waals surface area contributed by atoms with Crippen LogP contribution in [0.15, 0.2) is 23.1 Å². The molecule has 1 rings (SSSR count). The molecule has 1 aromatic carbocycles. The van der Waals surface area contributed by atoms with Gasteiger partial charge in [0.25, 0.3) is 10.1 Å². The zero-order valence-electron chi connectivity index (χ0n) is 22.8. The zero-order chi connectivity index (χ0) is 25.2. The Hall–Kier alpha value is -0.870. The van der Waals surface area contributed by atoms with E-state index in [9.17, 15) is 13.0 Å². The molecule has 3 nitrogen and oxygen atoms in total. The van der Waals surface area contributed by atoms with Crippen LogP contribution in [0.4, 0.5) is 0 Å². The van der Waals surface area contributed by atoms with Crippen molar-refractivity contribution in [3.05, 3.63) is 29.3 Å². The van der Waals surface area contributed by atoms with E-state index in [2.05, 4.69) is 33.8 Å². The summed E-state index contributed by atoms with van der Waals surface area (Å²) in [5.41, 5.74) is 2.05. The summed E-state index contributed by atoms with van der Waals surface area (Å²) >= 11 is 0. The zero-order valence-corrected chi connectivity index (χ0v) is 23.6. The summed E-state index contributed by atoms with van der Waals surface area (Å²) < 4.78 is 34.8. The first-order valence-corrected chi connectivity index (χ1v) is 15.9. The SMILES string of the molecule is CCCCCCC(CCCC)Cc1cccc(S(=O)(=O)O)c1CC(CCCC)CCCCCC. The number of rotatable bonds is 21. The van der Waals surface area contributed by atoms with Crippen molar-refractivity contribution in [3.63, 3.8) is 0 Å². The second kappa shape index (κ2) is 18.4. The number of benzene rings is 1. The summed E-state index contributed by atoms with van der Waals surface area (Å²) in [7, 11) is -4.23. The second-order valence-corrected chi connectivity index (χ2v) is 11.9. The Morgan fingerprint density at radius 3 is 1.59 bits per heavy atom. The van der Waals surface area contributed by atoms with Crippen molar-refractivity contribution in [2.75, 3.05) is 0 Å². The predicted molar refractivity (Wildman–Crippen MR) is 147 cm³/mol. The lowest BCUT2D eigenvalue weighted by Crippen LogP contribution is -2.15. The first-order chi connectivity index (χ1) is 16.4. The minimum atomic E-state index is -4.23. The van der Waals surface area contributed by atoms with Crippen LogP contribution in [0.3, 0.4) is 0 Å². The van der Waals surface area contributed by atoms with Gasteiger partial charge in [-0.05, 0) is 41.9 Å². The molecule has 0 heterocycles. The molecule has 198 valence electrons. The highest BCUT2D eigenvalue weighted by Crippen LogP contribution is 2.31. The molecule has 4 heteroatoms. The molecule has 0 saturated heterocycles. The van der Waals surface area contributed by atoms with Crippen LogP contribution in [0.5, 0.6) is 0 Å². The van der Waals surface area contributed by atoms with Gasteiger partial charge in [-0.3, -0.25) is 4.55 Å². The maximum Gasteiger partial charge on any atom is 0.294 e. The number of unbranched alkanes of at least 4 members (excludes halogenated alkanes) is 8. The van der Waals surface area contributed by atoms with Crippen LogP contribution in [0.25, 0.3) is 0 Å². The summed E-state index contributed by atoms with van der Waals surface area (Å²) in [6, 6.07) is 5.57. The van der Waals surface area contributed by atoms with Crippen LogP contribution in [0.2, 0.25) is 0 Å². The summed E-state index contributed by atoms with van der Waals surface area (Å²) in [6.07, 6.45) is 21.2. The van der Waals surface area contributed by atoms with E-state index in [0.717, 1.165) is 43.2 Å². The molecule has 1 N–H and O–H groups in total. The van der Waals surface area contributed by atoms with E-state index in [4.69, 9.17) is 0 Å². The molecule has 0 aromatic heterocycles. The van der Waals surface area contributed by atoms with Gasteiger partial charge in [-0.15, -0.1) is 0 Å². The minimum absolute atomic E-state index is 0.153. The molecular formula is C30H54O3S. The van der Waals surface area contributed by atoms with Crippen molar-refractivity contribution in [1.82, 2.24) is 0 Å². The van der Waals surface area contributed by atoms with Crippen molar-refractivity contribution in [2.45, 2.75) is 148 Å². The second-order valence-electron chi connectivity index (χ2n) is 10.5. The van der Waals surface area contributed by atoms with E-state index < -0.39 is 10.1 Å². The van der Waals surface area contributed by atoms with Crippen LogP contribution in [-0.2, 0) is 23.0 Å². The van der Waals surface area contributed by atoms with Crippen LogP contribution in [0.1, 0.15) is 142 Å². The molecule has 0 saturated carbocycles. The van der Waals surface area contributed by atoms with Gasteiger partial charge in [-0.1, -0.05) is 143 Å². The van der Waals surface area contributed by atoms with Crippen LogP contribution >= 0.6 is 0 Å². The Kier molecular flexibility index (Phi) is 16.9. The van der Waals surface area contributed by atoms with Gasteiger partial charge in [0, 0.05) is 0 Å². The van der Waals surface area contributed by atoms with Crippen LogP contribution < -0.4 is 0 Å². The van der Waals surface area contributed by atoms with Gasteiger partial charge in [0.2, 0.25) is 0 Å². The predicted octanol–water partition coefficient (Wildman–Crippen LogP) is 9.57. The largest absolute Gasteiger partial charge is 0.294 e. The first-order valence-electron chi connectivity index (χ1n) is 14.4. The lowest BCUT2D eigenvalue weighted by atomic mass is 9.83. The van der Waals surface area contributed by atoms with Gasteiger partial charge in [0.05, 0.1) is 4.90 Å². The van der Waals surface area contributed by atoms with Crippen LogP contribution in [0, 0.1) is 11.8 Å². The third kappa shape index (κ3) is 12.7. The van der Waals surface area contributed by atoms with Crippen molar-refractivity contribution in [3.8, 4) is 0 Å². The van der Waals surface area contributed by atoms with Gasteiger partial charge >= 0.3 is 0 Å². The number of hydrogen-bond acceptors (Lipinski definition) is 2. The molecule has 0 spiro atoms. The Morgan fingerprint density at radius 2 is 1.12 bits per heavy atom. The van der Waals surface area contributed by atoms with Crippen molar-refractivity contribution in [2.24, 2.45) is 11.8 Å². The molecule has 2 atom stereocenters. The Balaban J connectivity index is 3.16. The molecule has 0 fully saturated rings. The lowest BCUT2D eigenvalue weighted by molar-refractivity contribution is 0.395. The molecule has 0 aliphatic heterocycles. The third-order valence-corrected chi connectivity index (χ3v) is 8.31. The number of hydrogen-bond donors (Lipinski definition) is 1. The topological polar surface area (TPSA) is 54.4 Å². The van der Waals surface area contributed by atoms with Gasteiger partial charge in [-0.25, -0.2) is 0 Å². The van der Waals surface area contributed by atoms with Crippen LogP contribution in [-0.4, -0.2) is 13.0 Å². The molecular weight excluding hydrogens is 440 g/mol. The highest BCUT2D eigenvalue weighted by Gasteiger charge is 2.23. The standard InChI is InChI=1S/C30H54O3S/c1-5-9-13-15-20-26(18-11-7-3)24-28-22-17-23-30(34(31,32)33)29(28)25-27(19-12-8-4)21-16-14-10-6-2/h17,22-23,26-27H,5-16,18-21,24-25H2,1-4H3,(H,31,32,33). The molecule has 0 aliphatic carbocycles. The summed E-state index contributed by atoms with van der Waals surface area (Å²) in [4.78, 5) is 0.153. The molecule has 0 aliphatic rings. The lowest BCUT2D eigenvalue weighted by Gasteiger charge is -2.23. The Labute approximate surface area is 212 Å². The third-order valence-electron chi connectivity index (χ3n) is 7.37. The smallest absolute Gasteiger partial charge is 0.282 e. The fraction of sp³-hybridized carbons (Fsp3) is 0.800. The average molecular weight is 495 g/mol. The van der Waals surface area contributed by atoms with E-state index >= 15 is 0 Å². The average Bonchev–Trinajstić information content (AvgIpc) is 2.81. The maximum absolute atomic E-state index is 12.4. The van der Waals surface area contributed by atoms with E-state index in [1.54, 1.807) is 6.07 Å². The normalized spacial score (nSPS) is 13.8. The summed E-state index contributed by atoms with van der Waals surface area (Å²) in [5.74, 6) is 1.07. The van der Waals surface area contributed by atoms with Gasteiger partial charge in [0.1, 0.15) is 0 Å². The van der Waals surface area contributed by atoms with E-state index in [0.29, 0.717) is 11.8 Å². The van der Waals surface area contributed by atoms with E-state index in [-0.39, 0.29) is 4.90 Å². The molecule has 0 amide bonds. The molecule has 2 unspecified atom stereocenters. The van der Waals surface area contributed by atoms with Crippen molar-refractivity contribution < 1.29 is 13.0 Å². The van der Waals surface area contributed by atoms with Crippen molar-refractivity contribution >= 4 is 10.1 Å². The molecule has 1 aromatic rings. The highest BCUT2D eigenvalue weighted by atomic mass is 32.2. The fourth-order valence-electron chi connectivity index (χ4n) is 5.28. The first kappa shape index (κ1) is 31.2. The van der Waals surface area contributed by atoms with E-state index in [1.165, 1.54) is 83.5 Å². The van der Waals surface area contributed by atoms with E-state index in [1.807, 2.05) is 6.07 Å². The summed E-state index contributed by atoms with van der Waals surface area (Å²) in [6.45, 7) is 8.96. The minimum Gasteiger partial charge on any atom is -0.282 e. The highest BCUT2D eigenvalue weighted by molar-refractivity contribution is 7.85. The Morgan fingerprint density at radius 1 is 0.647 bits per heavy atom.